The van der Waals surface area contributed by atoms with Gasteiger partial charge in [-0.25, -0.2) is 0 Å². The minimum Gasteiger partial charge on any atom is -0.295 e. The van der Waals surface area contributed by atoms with Crippen LogP contribution >= 0.6 is 11.6 Å². The van der Waals surface area contributed by atoms with Crippen LogP contribution in [0, 0.1) is 0 Å². The van der Waals surface area contributed by atoms with E-state index in [4.69, 9.17) is 11.6 Å². The maximum Gasteiger partial charge on any atom is 0.158 e. The molecule has 0 atom stereocenters. The summed E-state index contributed by atoms with van der Waals surface area (Å²) in [4.78, 5) is 11.7. The lowest BCUT2D eigenvalue weighted by atomic mass is 9.96. The van der Waals surface area contributed by atoms with Gasteiger partial charge in [0.05, 0.1) is 0 Å². The van der Waals surface area contributed by atoms with Crippen LogP contribution in [-0.4, -0.2) is 11.7 Å². The van der Waals surface area contributed by atoms with Crippen molar-refractivity contribution >= 4 is 17.4 Å². The van der Waals surface area contributed by atoms with Gasteiger partial charge in [-0.15, -0.1) is 11.6 Å². The lowest BCUT2D eigenvalue weighted by Gasteiger charge is -2.09. The first-order valence-corrected chi connectivity index (χ1v) is 6.16. The quantitative estimate of drug-likeness (QED) is 0.650. The molecule has 1 nitrogen and oxygen atoms in total. The minimum absolute atomic E-state index is 0.326. The van der Waals surface area contributed by atoms with Crippen LogP contribution in [0.25, 0.3) is 0 Å². The molecule has 0 radical (unpaired) electrons. The molecule has 1 aliphatic carbocycles. The maximum absolute atomic E-state index is 11.7. The Morgan fingerprint density at radius 3 is 2.86 bits per heavy atom. The molecule has 0 bridgehead atoms. The normalized spacial score (nSPS) is 18.2. The van der Waals surface area contributed by atoms with Gasteiger partial charge in [-0.05, 0) is 37.7 Å². The summed E-state index contributed by atoms with van der Waals surface area (Å²) in [5, 5.41) is 0. The molecule has 80 valence electrons. The Hall–Kier alpha value is -0.300. The maximum atomic E-state index is 11.7. The van der Waals surface area contributed by atoms with Crippen molar-refractivity contribution in [2.24, 2.45) is 0 Å². The lowest BCUT2D eigenvalue weighted by molar-refractivity contribution is -0.115. The van der Waals surface area contributed by atoms with Gasteiger partial charge in [-0.1, -0.05) is 18.9 Å². The number of halogens is 1. The van der Waals surface area contributed by atoms with Crippen molar-refractivity contribution in [3.63, 3.8) is 0 Å². The number of hydrogen-bond donors (Lipinski definition) is 0. The molecule has 1 aliphatic rings. The summed E-state index contributed by atoms with van der Waals surface area (Å²) in [5.41, 5.74) is 1.06. The lowest BCUT2D eigenvalue weighted by Crippen LogP contribution is -2.04. The zero-order valence-electron chi connectivity index (χ0n) is 8.73. The number of ketones is 1. The van der Waals surface area contributed by atoms with Crippen molar-refractivity contribution in [1.29, 1.82) is 0 Å². The van der Waals surface area contributed by atoms with Crippen molar-refractivity contribution in [1.82, 2.24) is 0 Å². The molecular weight excluding hydrogens is 196 g/mol. The van der Waals surface area contributed by atoms with Crippen LogP contribution in [0.2, 0.25) is 0 Å². The fourth-order valence-corrected chi connectivity index (χ4v) is 1.97. The molecule has 0 aromatic carbocycles. The van der Waals surface area contributed by atoms with Crippen molar-refractivity contribution in [3.8, 4) is 0 Å². The molecular formula is C12H19ClO. The molecule has 0 aromatic rings. The molecule has 1 rings (SSSR count). The van der Waals surface area contributed by atoms with Crippen LogP contribution in [0.15, 0.2) is 11.6 Å². The van der Waals surface area contributed by atoms with E-state index < -0.39 is 0 Å². The van der Waals surface area contributed by atoms with E-state index in [0.29, 0.717) is 18.1 Å². The van der Waals surface area contributed by atoms with E-state index in [1.165, 1.54) is 25.7 Å². The van der Waals surface area contributed by atoms with Crippen LogP contribution in [0.5, 0.6) is 0 Å². The van der Waals surface area contributed by atoms with E-state index in [0.717, 1.165) is 24.8 Å². The van der Waals surface area contributed by atoms with E-state index >= 15 is 0 Å². The van der Waals surface area contributed by atoms with Gasteiger partial charge in [-0.3, -0.25) is 4.79 Å². The summed E-state index contributed by atoms with van der Waals surface area (Å²) in [7, 11) is 0. The summed E-state index contributed by atoms with van der Waals surface area (Å²) in [6.45, 7) is 0. The molecule has 0 spiro atoms. The number of allylic oxidation sites excluding steroid dienone is 2. The molecule has 0 unspecified atom stereocenters. The molecule has 0 saturated carbocycles. The Bertz CT molecular complexity index is 208. The first-order valence-electron chi connectivity index (χ1n) is 5.63. The third kappa shape index (κ3) is 4.28. The number of rotatable bonds is 4. The fraction of sp³-hybridized carbons (Fsp3) is 0.750. The smallest absolute Gasteiger partial charge is 0.158 e. The van der Waals surface area contributed by atoms with Gasteiger partial charge in [-0.2, -0.15) is 0 Å². The van der Waals surface area contributed by atoms with E-state index in [1.807, 2.05) is 0 Å². The number of hydrogen-bond acceptors (Lipinski definition) is 1. The summed E-state index contributed by atoms with van der Waals surface area (Å²) in [5.74, 6) is 0.923. The molecule has 0 N–H and O–H groups in total. The Labute approximate surface area is 91.5 Å². The number of carbonyl (C=O) groups excluding carboxylic acids is 1. The summed E-state index contributed by atoms with van der Waals surface area (Å²) >= 11 is 5.57. The predicted octanol–water partition coefficient (Wildman–Crippen LogP) is 3.86. The Balaban J connectivity index is 2.42. The monoisotopic (exact) mass is 214 g/mol. The van der Waals surface area contributed by atoms with Gasteiger partial charge < -0.3 is 0 Å². The number of carbonyl (C=O) groups is 1. The van der Waals surface area contributed by atoms with E-state index in [-0.39, 0.29) is 0 Å². The van der Waals surface area contributed by atoms with Crippen LogP contribution in [0.3, 0.4) is 0 Å². The van der Waals surface area contributed by atoms with E-state index in [1.54, 1.807) is 0 Å². The topological polar surface area (TPSA) is 17.1 Å². The van der Waals surface area contributed by atoms with Crippen molar-refractivity contribution in [2.45, 2.75) is 51.4 Å². The van der Waals surface area contributed by atoms with Gasteiger partial charge in [0.15, 0.2) is 5.78 Å². The Morgan fingerprint density at radius 1 is 1.29 bits per heavy atom. The van der Waals surface area contributed by atoms with Crippen LogP contribution < -0.4 is 0 Å². The minimum atomic E-state index is 0.326. The van der Waals surface area contributed by atoms with Crippen molar-refractivity contribution < 1.29 is 4.79 Å². The first kappa shape index (κ1) is 11.8. The molecule has 0 aliphatic heterocycles. The first-order chi connectivity index (χ1) is 6.84. The second kappa shape index (κ2) is 7.05. The molecule has 0 saturated heterocycles. The third-order valence-electron chi connectivity index (χ3n) is 2.69. The molecule has 0 amide bonds. The Kier molecular flexibility index (Phi) is 5.93. The van der Waals surface area contributed by atoms with Gasteiger partial charge >= 0.3 is 0 Å². The highest BCUT2D eigenvalue weighted by Gasteiger charge is 2.09. The average molecular weight is 215 g/mol. The fourth-order valence-electron chi connectivity index (χ4n) is 1.83. The molecule has 2 heteroatoms. The van der Waals surface area contributed by atoms with Crippen molar-refractivity contribution in [2.75, 3.05) is 5.88 Å². The zero-order valence-corrected chi connectivity index (χ0v) is 9.48. The summed E-state index contributed by atoms with van der Waals surface area (Å²) < 4.78 is 0. The number of alkyl halides is 1. The van der Waals surface area contributed by atoms with Crippen LogP contribution in [0.1, 0.15) is 51.4 Å². The highest BCUT2D eigenvalue weighted by molar-refractivity contribution is 6.18. The summed E-state index contributed by atoms with van der Waals surface area (Å²) in [6.07, 6.45) is 10.7. The zero-order chi connectivity index (χ0) is 10.2. The SMILES string of the molecule is O=C(CCCCl)C1=CCCCCCC1. The molecule has 0 fully saturated rings. The molecule has 0 aromatic heterocycles. The highest BCUT2D eigenvalue weighted by atomic mass is 35.5. The number of Topliss-reactive ketones (excluding diaryl/α,β-unsaturated/α-hetero) is 1. The Morgan fingerprint density at radius 2 is 2.07 bits per heavy atom. The van der Waals surface area contributed by atoms with Crippen LogP contribution in [-0.2, 0) is 4.79 Å². The molecule has 0 heterocycles. The standard InChI is InChI=1S/C12H19ClO/c13-10-6-9-12(14)11-7-4-2-1-3-5-8-11/h7H,1-6,8-10H2. The largest absolute Gasteiger partial charge is 0.295 e. The van der Waals surface area contributed by atoms with Gasteiger partial charge in [0.25, 0.3) is 0 Å². The van der Waals surface area contributed by atoms with Gasteiger partial charge in [0, 0.05) is 12.3 Å². The second-order valence-electron chi connectivity index (χ2n) is 3.90. The molecule has 14 heavy (non-hydrogen) atoms. The second-order valence-corrected chi connectivity index (χ2v) is 4.28. The highest BCUT2D eigenvalue weighted by Crippen LogP contribution is 2.19. The third-order valence-corrected chi connectivity index (χ3v) is 2.95. The predicted molar refractivity (Wildman–Crippen MR) is 60.7 cm³/mol. The average Bonchev–Trinajstić information content (AvgIpc) is 2.13. The van der Waals surface area contributed by atoms with Gasteiger partial charge in [0.1, 0.15) is 0 Å². The van der Waals surface area contributed by atoms with Gasteiger partial charge in [0.2, 0.25) is 0 Å². The van der Waals surface area contributed by atoms with Crippen molar-refractivity contribution in [3.05, 3.63) is 11.6 Å². The van der Waals surface area contributed by atoms with Crippen LogP contribution in [0.4, 0.5) is 0 Å². The van der Waals surface area contributed by atoms with E-state index in [9.17, 15) is 4.79 Å². The van der Waals surface area contributed by atoms with E-state index in [2.05, 4.69) is 6.08 Å². The summed E-state index contributed by atoms with van der Waals surface area (Å²) in [6, 6.07) is 0.